The highest BCUT2D eigenvalue weighted by Gasteiger charge is 2.25. The van der Waals surface area contributed by atoms with E-state index < -0.39 is 16.4 Å². The maximum atomic E-state index is 11.4. The Morgan fingerprint density at radius 1 is 1.21 bits per heavy atom. The quantitative estimate of drug-likeness (QED) is 0.197. The van der Waals surface area contributed by atoms with Crippen molar-refractivity contribution in [1.29, 1.82) is 0 Å². The molecule has 0 aliphatic heterocycles. The molecule has 0 unspecified atom stereocenters. The molecule has 0 amide bonds. The van der Waals surface area contributed by atoms with Gasteiger partial charge in [-0.1, -0.05) is 11.6 Å². The lowest BCUT2D eigenvalue weighted by molar-refractivity contribution is -0.386. The summed E-state index contributed by atoms with van der Waals surface area (Å²) in [5.41, 5.74) is 3.00. The summed E-state index contributed by atoms with van der Waals surface area (Å²) >= 11 is 6.24. The number of phenols is 1. The number of aromatic nitrogens is 1. The van der Waals surface area contributed by atoms with E-state index in [-0.39, 0.29) is 16.1 Å². The van der Waals surface area contributed by atoms with Gasteiger partial charge in [0.25, 0.3) is 0 Å². The van der Waals surface area contributed by atoms with E-state index in [9.17, 15) is 15.2 Å². The summed E-state index contributed by atoms with van der Waals surface area (Å²) in [4.78, 5) is 19.6. The Morgan fingerprint density at radius 2 is 1.94 bits per heavy atom. The summed E-state index contributed by atoms with van der Waals surface area (Å²) < 4.78 is 11.3. The Morgan fingerprint density at radius 3 is 2.61 bits per heavy atom. The van der Waals surface area contributed by atoms with Crippen molar-refractivity contribution in [1.82, 2.24) is 4.98 Å². The lowest BCUT2D eigenvalue weighted by Crippen LogP contribution is -1.99. The molecular formula is C24H20ClN3O5. The zero-order valence-electron chi connectivity index (χ0n) is 18.1. The number of hydrogen-bond donors (Lipinski definition) is 1. The number of nitro benzene ring substituents is 1. The number of phenolic OH excluding ortho intramolecular Hbond substituents is 1. The molecule has 8 nitrogen and oxygen atoms in total. The third-order valence-electron chi connectivity index (χ3n) is 5.21. The van der Waals surface area contributed by atoms with Crippen LogP contribution in [0.5, 0.6) is 11.5 Å². The van der Waals surface area contributed by atoms with Crippen molar-refractivity contribution in [3.63, 3.8) is 0 Å². The Labute approximate surface area is 194 Å². The number of nitrogens with zero attached hydrogens (tertiary/aromatic N) is 3. The van der Waals surface area contributed by atoms with Crippen LogP contribution >= 0.6 is 11.6 Å². The molecule has 0 aliphatic rings. The van der Waals surface area contributed by atoms with Gasteiger partial charge in [-0.25, -0.2) is 4.98 Å². The minimum atomic E-state index is -0.656. The predicted octanol–water partition coefficient (Wildman–Crippen LogP) is 6.53. The zero-order valence-corrected chi connectivity index (χ0v) is 18.9. The third kappa shape index (κ3) is 4.25. The zero-order chi connectivity index (χ0) is 23.7. The number of rotatable bonds is 6. The second kappa shape index (κ2) is 8.91. The van der Waals surface area contributed by atoms with Gasteiger partial charge in [0.1, 0.15) is 11.3 Å². The molecule has 0 saturated heterocycles. The van der Waals surface area contributed by atoms with Gasteiger partial charge >= 0.3 is 5.69 Å². The van der Waals surface area contributed by atoms with E-state index in [0.717, 1.165) is 11.3 Å². The van der Waals surface area contributed by atoms with E-state index in [2.05, 4.69) is 9.98 Å². The highest BCUT2D eigenvalue weighted by molar-refractivity contribution is 6.33. The minimum absolute atomic E-state index is 0.188. The minimum Gasteiger partial charge on any atom is -0.502 e. The molecule has 0 fully saturated rings. The number of nitro groups is 1. The van der Waals surface area contributed by atoms with Crippen LogP contribution in [0.15, 0.2) is 51.9 Å². The molecule has 0 saturated carbocycles. The van der Waals surface area contributed by atoms with Gasteiger partial charge in [-0.2, -0.15) is 0 Å². The summed E-state index contributed by atoms with van der Waals surface area (Å²) in [6.07, 6.45) is 1.36. The van der Waals surface area contributed by atoms with E-state index in [1.807, 2.05) is 31.2 Å². The van der Waals surface area contributed by atoms with E-state index in [1.165, 1.54) is 13.1 Å². The molecule has 0 atom stereocenters. The van der Waals surface area contributed by atoms with Gasteiger partial charge in [0.05, 0.1) is 22.2 Å². The fourth-order valence-corrected chi connectivity index (χ4v) is 3.68. The van der Waals surface area contributed by atoms with Crippen molar-refractivity contribution in [2.75, 3.05) is 6.61 Å². The average molecular weight is 466 g/mol. The van der Waals surface area contributed by atoms with Gasteiger partial charge in [-0.15, -0.1) is 0 Å². The first-order valence-electron chi connectivity index (χ1n) is 10.1. The normalized spacial score (nSPS) is 11.4. The lowest BCUT2D eigenvalue weighted by Gasteiger charge is -2.10. The van der Waals surface area contributed by atoms with Gasteiger partial charge in [0.15, 0.2) is 5.58 Å². The summed E-state index contributed by atoms with van der Waals surface area (Å²) in [5, 5.41) is 22.0. The highest BCUT2D eigenvalue weighted by Crippen LogP contribution is 2.40. The molecule has 33 heavy (non-hydrogen) atoms. The SMILES string of the molecule is CCOc1ccc(-c2nc3cc(N=Cc4c(C)c(Cl)c(C)c([N+](=O)[O-])c4O)ccc3o2)cc1. The summed E-state index contributed by atoms with van der Waals surface area (Å²) in [6, 6.07) is 12.6. The second-order valence-corrected chi connectivity index (χ2v) is 7.70. The largest absolute Gasteiger partial charge is 0.502 e. The van der Waals surface area contributed by atoms with E-state index >= 15 is 0 Å². The number of fused-ring (bicyclic) bond motifs is 1. The summed E-state index contributed by atoms with van der Waals surface area (Å²) in [7, 11) is 0. The number of oxazole rings is 1. The van der Waals surface area contributed by atoms with E-state index in [1.54, 1.807) is 25.1 Å². The Kier molecular flexibility index (Phi) is 6.02. The number of aromatic hydroxyl groups is 1. The van der Waals surface area contributed by atoms with Crippen LogP contribution in [0, 0.1) is 24.0 Å². The number of aliphatic imine (C=N–C) groups is 1. The molecule has 1 aromatic heterocycles. The molecule has 3 aromatic carbocycles. The van der Waals surface area contributed by atoms with Crippen molar-refractivity contribution >= 4 is 40.3 Å². The van der Waals surface area contributed by atoms with Crippen molar-refractivity contribution < 1.29 is 19.2 Å². The van der Waals surface area contributed by atoms with Gasteiger partial charge in [0, 0.05) is 22.9 Å². The van der Waals surface area contributed by atoms with Crippen LogP contribution in [-0.2, 0) is 0 Å². The predicted molar refractivity (Wildman–Crippen MR) is 127 cm³/mol. The molecule has 1 N–H and O–H groups in total. The molecule has 0 spiro atoms. The number of halogens is 1. The maximum absolute atomic E-state index is 11.4. The van der Waals surface area contributed by atoms with Crippen LogP contribution in [0.1, 0.15) is 23.6 Å². The van der Waals surface area contributed by atoms with Crippen LogP contribution in [0.2, 0.25) is 5.02 Å². The van der Waals surface area contributed by atoms with Crippen LogP contribution in [-0.4, -0.2) is 27.8 Å². The molecule has 0 bridgehead atoms. The number of benzene rings is 3. The third-order valence-corrected chi connectivity index (χ3v) is 5.77. The van der Waals surface area contributed by atoms with Crippen LogP contribution < -0.4 is 4.74 Å². The Hall–Kier alpha value is -3.91. The maximum Gasteiger partial charge on any atom is 0.315 e. The number of ether oxygens (including phenoxy) is 1. The molecule has 0 radical (unpaired) electrons. The first kappa shape index (κ1) is 22.3. The van der Waals surface area contributed by atoms with Crippen molar-refractivity contribution in [2.45, 2.75) is 20.8 Å². The monoisotopic (exact) mass is 465 g/mol. The first-order chi connectivity index (χ1) is 15.8. The van der Waals surface area contributed by atoms with Gasteiger partial charge in [-0.05, 0) is 68.8 Å². The fourth-order valence-electron chi connectivity index (χ4n) is 3.49. The molecular weight excluding hydrogens is 446 g/mol. The molecule has 0 aliphatic carbocycles. The van der Waals surface area contributed by atoms with Crippen molar-refractivity contribution in [3.8, 4) is 23.0 Å². The average Bonchev–Trinajstić information content (AvgIpc) is 3.21. The highest BCUT2D eigenvalue weighted by atomic mass is 35.5. The standard InChI is InChI=1S/C24H20ClN3O5/c1-4-32-17-8-5-15(6-9-17)24-27-19-11-16(7-10-20(19)33-24)26-12-18-13(2)21(25)14(3)22(23(18)29)28(30)31/h5-12,29H,4H2,1-3H3. The van der Waals surface area contributed by atoms with Crippen LogP contribution in [0.4, 0.5) is 11.4 Å². The first-order valence-corrected chi connectivity index (χ1v) is 10.5. The molecule has 4 aromatic rings. The second-order valence-electron chi connectivity index (χ2n) is 7.32. The number of hydrogen-bond acceptors (Lipinski definition) is 7. The molecule has 9 heteroatoms. The molecule has 4 rings (SSSR count). The Balaban J connectivity index is 1.67. The van der Waals surface area contributed by atoms with E-state index in [0.29, 0.717) is 34.8 Å². The van der Waals surface area contributed by atoms with Gasteiger partial charge < -0.3 is 14.3 Å². The fraction of sp³-hybridized carbons (Fsp3) is 0.167. The molecule has 1 heterocycles. The van der Waals surface area contributed by atoms with Crippen LogP contribution in [0.25, 0.3) is 22.6 Å². The van der Waals surface area contributed by atoms with E-state index in [4.69, 9.17) is 20.8 Å². The lowest BCUT2D eigenvalue weighted by atomic mass is 10.0. The van der Waals surface area contributed by atoms with Crippen molar-refractivity contribution in [3.05, 3.63) is 74.3 Å². The van der Waals surface area contributed by atoms with Gasteiger partial charge in [-0.3, -0.25) is 15.1 Å². The summed E-state index contributed by atoms with van der Waals surface area (Å²) in [6.45, 7) is 5.68. The topological polar surface area (TPSA) is 111 Å². The van der Waals surface area contributed by atoms with Gasteiger partial charge in [0.2, 0.25) is 11.6 Å². The van der Waals surface area contributed by atoms with Crippen LogP contribution in [0.3, 0.4) is 0 Å². The Bertz CT molecular complexity index is 1390. The molecule has 168 valence electrons. The smallest absolute Gasteiger partial charge is 0.315 e. The van der Waals surface area contributed by atoms with Crippen molar-refractivity contribution in [2.24, 2.45) is 4.99 Å². The summed E-state index contributed by atoms with van der Waals surface area (Å²) in [5.74, 6) is 0.760.